The lowest BCUT2D eigenvalue weighted by Gasteiger charge is -2.02. The predicted molar refractivity (Wildman–Crippen MR) is 45.7 cm³/mol. The van der Waals surface area contributed by atoms with Crippen LogP contribution in [0.1, 0.15) is 12.5 Å². The van der Waals surface area contributed by atoms with Crippen molar-refractivity contribution in [1.82, 2.24) is 9.97 Å². The fourth-order valence-electron chi connectivity index (χ4n) is 0.987. The van der Waals surface area contributed by atoms with E-state index in [0.29, 0.717) is 0 Å². The summed E-state index contributed by atoms with van der Waals surface area (Å²) in [6.45, 7) is 1.64. The molecule has 1 aromatic heterocycles. The zero-order valence-electron chi connectivity index (χ0n) is 7.29. The number of hydrogen-bond donors (Lipinski definition) is 3. The van der Waals surface area contributed by atoms with E-state index in [2.05, 4.69) is 9.72 Å². The van der Waals surface area contributed by atoms with Crippen LogP contribution in [0.4, 0.5) is 4.79 Å². The van der Waals surface area contributed by atoms with Crippen molar-refractivity contribution in [3.8, 4) is 5.88 Å². The van der Waals surface area contributed by atoms with E-state index >= 15 is 0 Å². The highest BCUT2D eigenvalue weighted by atomic mass is 16.7. The summed E-state index contributed by atoms with van der Waals surface area (Å²) in [6, 6.07) is 0. The van der Waals surface area contributed by atoms with Crippen LogP contribution in [0.5, 0.6) is 5.88 Å². The molecule has 0 saturated heterocycles. The summed E-state index contributed by atoms with van der Waals surface area (Å²) in [6.07, 6.45) is -1.32. The fourth-order valence-corrected chi connectivity index (χ4v) is 0.987. The number of nitrogens with one attached hydrogen (secondary N) is 2. The Morgan fingerprint density at radius 1 is 1.43 bits per heavy atom. The van der Waals surface area contributed by atoms with E-state index in [9.17, 15) is 14.4 Å². The topological polar surface area (TPSA) is 112 Å². The first kappa shape index (κ1) is 10.0. The zero-order chi connectivity index (χ0) is 10.7. The second-order valence-corrected chi connectivity index (χ2v) is 2.44. The quantitative estimate of drug-likeness (QED) is 0.566. The van der Waals surface area contributed by atoms with E-state index in [0.717, 1.165) is 0 Å². The van der Waals surface area contributed by atoms with Gasteiger partial charge >= 0.3 is 11.8 Å². The molecule has 0 unspecified atom stereocenters. The molecule has 14 heavy (non-hydrogen) atoms. The van der Waals surface area contributed by atoms with Crippen LogP contribution >= 0.6 is 0 Å². The number of aromatic nitrogens is 2. The number of ether oxygens (including phenoxy) is 1. The standard InChI is InChI=1S/C7H8N2O5/c1-2-3-4(10)8-6(11)9-5(3)14-7(12)13/h2H2,1H3,(H,12,13)(H2,8,9,10,11). The molecule has 0 fully saturated rings. The van der Waals surface area contributed by atoms with E-state index in [1.54, 1.807) is 6.92 Å². The predicted octanol–water partition coefficient (Wildman–Crippen LogP) is -0.318. The minimum absolute atomic E-state index is 0.0898. The summed E-state index contributed by atoms with van der Waals surface area (Å²) in [5.74, 6) is -0.325. The highest BCUT2D eigenvalue weighted by Crippen LogP contribution is 2.08. The molecule has 0 aliphatic heterocycles. The van der Waals surface area contributed by atoms with Gasteiger partial charge in [-0.1, -0.05) is 6.92 Å². The summed E-state index contributed by atoms with van der Waals surface area (Å²) < 4.78 is 4.24. The lowest BCUT2D eigenvalue weighted by Crippen LogP contribution is -2.27. The van der Waals surface area contributed by atoms with Gasteiger partial charge in [0.2, 0.25) is 5.88 Å². The Bertz CT molecular complexity index is 458. The maximum Gasteiger partial charge on any atom is 0.512 e. The van der Waals surface area contributed by atoms with Gasteiger partial charge in [-0.2, -0.15) is 0 Å². The molecule has 1 aromatic rings. The molecule has 0 amide bonds. The van der Waals surface area contributed by atoms with Crippen LogP contribution in [0.2, 0.25) is 0 Å². The number of carbonyl (C=O) groups is 1. The van der Waals surface area contributed by atoms with Crippen molar-refractivity contribution in [2.75, 3.05) is 0 Å². The second-order valence-electron chi connectivity index (χ2n) is 2.44. The lowest BCUT2D eigenvalue weighted by molar-refractivity contribution is 0.142. The maximum atomic E-state index is 11.1. The Balaban J connectivity index is 3.32. The van der Waals surface area contributed by atoms with Gasteiger partial charge in [-0.25, -0.2) is 9.59 Å². The molecule has 0 radical (unpaired) electrons. The average molecular weight is 200 g/mol. The summed E-state index contributed by atoms with van der Waals surface area (Å²) >= 11 is 0. The fraction of sp³-hybridized carbons (Fsp3) is 0.286. The van der Waals surface area contributed by atoms with E-state index in [-0.39, 0.29) is 17.9 Å². The molecule has 1 heterocycles. The Morgan fingerprint density at radius 3 is 2.57 bits per heavy atom. The summed E-state index contributed by atoms with van der Waals surface area (Å²) in [5.41, 5.74) is -1.36. The van der Waals surface area contributed by atoms with Gasteiger partial charge in [0.15, 0.2) is 0 Å². The number of rotatable bonds is 2. The molecular weight excluding hydrogens is 192 g/mol. The Labute approximate surface area is 77.4 Å². The van der Waals surface area contributed by atoms with Gasteiger partial charge < -0.3 is 9.84 Å². The highest BCUT2D eigenvalue weighted by molar-refractivity contribution is 5.60. The van der Waals surface area contributed by atoms with Crippen LogP contribution in [-0.2, 0) is 6.42 Å². The van der Waals surface area contributed by atoms with Crippen molar-refractivity contribution in [3.63, 3.8) is 0 Å². The molecule has 7 heteroatoms. The lowest BCUT2D eigenvalue weighted by atomic mass is 10.2. The van der Waals surface area contributed by atoms with Crippen LogP contribution in [-0.4, -0.2) is 21.2 Å². The molecule has 3 N–H and O–H groups in total. The van der Waals surface area contributed by atoms with E-state index in [1.807, 2.05) is 4.98 Å². The minimum Gasteiger partial charge on any atom is -0.449 e. The van der Waals surface area contributed by atoms with Crippen LogP contribution in [0.3, 0.4) is 0 Å². The van der Waals surface area contributed by atoms with Gasteiger partial charge in [-0.15, -0.1) is 0 Å². The maximum absolute atomic E-state index is 11.1. The van der Waals surface area contributed by atoms with Gasteiger partial charge in [0.25, 0.3) is 5.56 Å². The average Bonchev–Trinajstić information content (AvgIpc) is 2.01. The monoisotopic (exact) mass is 200 g/mol. The van der Waals surface area contributed by atoms with Crippen molar-refractivity contribution < 1.29 is 14.6 Å². The van der Waals surface area contributed by atoms with Crippen LogP contribution in [0.15, 0.2) is 9.59 Å². The number of hydrogen-bond acceptors (Lipinski definition) is 4. The van der Waals surface area contributed by atoms with Crippen molar-refractivity contribution in [2.45, 2.75) is 13.3 Å². The SMILES string of the molecule is CCc1c(OC(=O)O)[nH]c(=O)[nH]c1=O. The van der Waals surface area contributed by atoms with Crippen LogP contribution in [0.25, 0.3) is 0 Å². The minimum atomic E-state index is -1.58. The number of H-pyrrole nitrogens is 2. The highest BCUT2D eigenvalue weighted by Gasteiger charge is 2.11. The number of carboxylic acid groups (broad SMARTS) is 1. The van der Waals surface area contributed by atoms with Crippen molar-refractivity contribution >= 4 is 6.16 Å². The molecule has 1 rings (SSSR count). The Morgan fingerprint density at radius 2 is 2.07 bits per heavy atom. The van der Waals surface area contributed by atoms with Gasteiger partial charge in [-0.05, 0) is 6.42 Å². The molecule has 76 valence electrons. The smallest absolute Gasteiger partial charge is 0.449 e. The third-order valence-corrected chi connectivity index (χ3v) is 1.55. The van der Waals surface area contributed by atoms with Crippen molar-refractivity contribution in [1.29, 1.82) is 0 Å². The first-order chi connectivity index (χ1) is 6.54. The first-order valence-corrected chi connectivity index (χ1v) is 3.80. The van der Waals surface area contributed by atoms with Crippen LogP contribution in [0, 0.1) is 0 Å². The first-order valence-electron chi connectivity index (χ1n) is 3.80. The Hall–Kier alpha value is -2.05. The third kappa shape index (κ3) is 2.00. The molecule has 7 nitrogen and oxygen atoms in total. The van der Waals surface area contributed by atoms with Gasteiger partial charge in [0.05, 0.1) is 5.56 Å². The molecule has 0 saturated carbocycles. The van der Waals surface area contributed by atoms with E-state index in [4.69, 9.17) is 5.11 Å². The zero-order valence-corrected chi connectivity index (χ0v) is 7.29. The molecule has 0 aliphatic carbocycles. The summed E-state index contributed by atoms with van der Waals surface area (Å²) in [4.78, 5) is 36.2. The second kappa shape index (κ2) is 3.77. The van der Waals surface area contributed by atoms with Crippen molar-refractivity contribution in [2.24, 2.45) is 0 Å². The van der Waals surface area contributed by atoms with Crippen LogP contribution < -0.4 is 16.0 Å². The summed E-state index contributed by atoms with van der Waals surface area (Å²) in [7, 11) is 0. The third-order valence-electron chi connectivity index (χ3n) is 1.55. The molecular formula is C7H8N2O5. The molecule has 0 spiro atoms. The molecule has 0 atom stereocenters. The van der Waals surface area contributed by atoms with Gasteiger partial charge in [0, 0.05) is 0 Å². The van der Waals surface area contributed by atoms with Gasteiger partial charge in [0.1, 0.15) is 0 Å². The van der Waals surface area contributed by atoms with E-state index in [1.165, 1.54) is 0 Å². The summed E-state index contributed by atoms with van der Waals surface area (Å²) in [5, 5.41) is 8.31. The largest absolute Gasteiger partial charge is 0.512 e. The number of aromatic amines is 2. The Kier molecular flexibility index (Phi) is 2.70. The van der Waals surface area contributed by atoms with Gasteiger partial charge in [-0.3, -0.25) is 14.8 Å². The molecule has 0 aromatic carbocycles. The molecule has 0 bridgehead atoms. The van der Waals surface area contributed by atoms with E-state index < -0.39 is 17.4 Å². The van der Waals surface area contributed by atoms with Crippen molar-refractivity contribution in [3.05, 3.63) is 26.4 Å². The normalized spacial score (nSPS) is 9.79. The molecule has 0 aliphatic rings.